The number of hydrogen-bond donors (Lipinski definition) is 0. The number of nitrogens with zero attached hydrogens (tertiary/aromatic N) is 4. The molecule has 0 spiro atoms. The summed E-state index contributed by atoms with van der Waals surface area (Å²) in [5, 5.41) is 0. The highest BCUT2D eigenvalue weighted by atomic mass is 35.5. The number of alkyl halides is 1. The van der Waals surface area contributed by atoms with Gasteiger partial charge in [-0.05, 0) is 32.4 Å². The molecule has 0 fully saturated rings. The standard InChI is InChI=1S/C16H21ClN4O/c1-3-19-11-12(9-10-17)20(4-2)15-18-13-7-5-6-8-14(13)21(15)16(19)22/h5-8,12H,3-4,9-11H2,1-2H3. The molecular formula is C16H21ClN4O. The Morgan fingerprint density at radius 2 is 2.05 bits per heavy atom. The number of amides is 1. The molecule has 0 radical (unpaired) electrons. The highest BCUT2D eigenvalue weighted by molar-refractivity contribution is 6.17. The molecule has 0 bridgehead atoms. The van der Waals surface area contributed by atoms with Gasteiger partial charge in [-0.25, -0.2) is 14.3 Å². The third kappa shape index (κ3) is 2.33. The second-order valence-electron chi connectivity index (χ2n) is 5.47. The molecule has 22 heavy (non-hydrogen) atoms. The van der Waals surface area contributed by atoms with E-state index in [-0.39, 0.29) is 12.1 Å². The highest BCUT2D eigenvalue weighted by Crippen LogP contribution is 2.28. The first-order valence-electron chi connectivity index (χ1n) is 7.80. The Bertz CT molecular complexity index is 684. The zero-order valence-corrected chi connectivity index (χ0v) is 13.8. The summed E-state index contributed by atoms with van der Waals surface area (Å²) >= 11 is 5.99. The van der Waals surface area contributed by atoms with E-state index in [1.807, 2.05) is 36.1 Å². The molecule has 6 heteroatoms. The summed E-state index contributed by atoms with van der Waals surface area (Å²) in [5.74, 6) is 1.31. The van der Waals surface area contributed by atoms with Crippen LogP contribution in [0.4, 0.5) is 10.7 Å². The predicted molar refractivity (Wildman–Crippen MR) is 89.9 cm³/mol. The fraction of sp³-hybridized carbons (Fsp3) is 0.500. The maximum Gasteiger partial charge on any atom is 0.331 e. The number of carbonyl (C=O) groups is 1. The van der Waals surface area contributed by atoms with Crippen LogP contribution in [-0.2, 0) is 0 Å². The van der Waals surface area contributed by atoms with Gasteiger partial charge in [0.05, 0.1) is 17.1 Å². The third-order valence-electron chi connectivity index (χ3n) is 4.30. The minimum atomic E-state index is 0.00159. The summed E-state index contributed by atoms with van der Waals surface area (Å²) in [5.41, 5.74) is 1.72. The zero-order valence-electron chi connectivity index (χ0n) is 13.0. The average molecular weight is 321 g/mol. The summed E-state index contributed by atoms with van der Waals surface area (Å²) in [6.07, 6.45) is 0.836. The van der Waals surface area contributed by atoms with E-state index in [0.29, 0.717) is 19.0 Å². The molecule has 2 aromatic rings. The topological polar surface area (TPSA) is 41.4 Å². The van der Waals surface area contributed by atoms with Crippen molar-refractivity contribution < 1.29 is 4.79 Å². The van der Waals surface area contributed by atoms with Gasteiger partial charge in [0.2, 0.25) is 5.95 Å². The van der Waals surface area contributed by atoms with E-state index in [0.717, 1.165) is 29.9 Å². The summed E-state index contributed by atoms with van der Waals surface area (Å²) in [6, 6.07) is 7.99. The van der Waals surface area contributed by atoms with Crippen LogP contribution in [0.1, 0.15) is 20.3 Å². The fourth-order valence-corrected chi connectivity index (χ4v) is 3.42. The molecule has 0 aliphatic carbocycles. The number of benzene rings is 1. The van der Waals surface area contributed by atoms with E-state index in [1.54, 1.807) is 4.57 Å². The molecule has 1 unspecified atom stereocenters. The largest absolute Gasteiger partial charge is 0.337 e. The smallest absolute Gasteiger partial charge is 0.331 e. The Balaban J connectivity index is 2.21. The van der Waals surface area contributed by atoms with E-state index >= 15 is 0 Å². The summed E-state index contributed by atoms with van der Waals surface area (Å²) < 4.78 is 1.75. The monoisotopic (exact) mass is 320 g/mol. The quantitative estimate of drug-likeness (QED) is 0.813. The van der Waals surface area contributed by atoms with Crippen molar-refractivity contribution in [3.05, 3.63) is 24.3 Å². The van der Waals surface area contributed by atoms with Crippen LogP contribution in [0.15, 0.2) is 24.3 Å². The number of rotatable bonds is 4. The number of hydrogen-bond acceptors (Lipinski definition) is 3. The van der Waals surface area contributed by atoms with Crippen molar-refractivity contribution in [2.45, 2.75) is 26.3 Å². The lowest BCUT2D eigenvalue weighted by Gasteiger charge is -2.30. The Hall–Kier alpha value is -1.75. The summed E-state index contributed by atoms with van der Waals surface area (Å²) in [7, 11) is 0. The molecule has 3 rings (SSSR count). The molecule has 5 nitrogen and oxygen atoms in total. The number of para-hydroxylation sites is 2. The van der Waals surface area contributed by atoms with Crippen molar-refractivity contribution in [2.75, 3.05) is 30.4 Å². The number of anilines is 1. The van der Waals surface area contributed by atoms with Crippen LogP contribution in [0, 0.1) is 0 Å². The molecule has 1 aliphatic heterocycles. The van der Waals surface area contributed by atoms with Crippen molar-refractivity contribution in [3.63, 3.8) is 0 Å². The van der Waals surface area contributed by atoms with Crippen LogP contribution < -0.4 is 4.90 Å². The van der Waals surface area contributed by atoms with Gasteiger partial charge in [-0.15, -0.1) is 11.6 Å². The molecule has 0 saturated heterocycles. The number of carbonyl (C=O) groups excluding carboxylic acids is 1. The van der Waals surface area contributed by atoms with Crippen molar-refractivity contribution in [1.82, 2.24) is 14.5 Å². The molecule has 1 atom stereocenters. The van der Waals surface area contributed by atoms with Gasteiger partial charge in [-0.2, -0.15) is 0 Å². The predicted octanol–water partition coefficient (Wildman–Crippen LogP) is 3.16. The lowest BCUT2D eigenvalue weighted by Crippen LogP contribution is -2.43. The van der Waals surface area contributed by atoms with Crippen LogP contribution in [0.2, 0.25) is 0 Å². The highest BCUT2D eigenvalue weighted by Gasteiger charge is 2.33. The Kier molecular flexibility index (Phi) is 4.25. The van der Waals surface area contributed by atoms with Crippen molar-refractivity contribution >= 4 is 34.6 Å². The van der Waals surface area contributed by atoms with Crippen molar-refractivity contribution in [1.29, 1.82) is 0 Å². The molecule has 2 heterocycles. The normalized spacial score (nSPS) is 18.7. The molecule has 118 valence electrons. The van der Waals surface area contributed by atoms with Gasteiger partial charge >= 0.3 is 6.03 Å². The van der Waals surface area contributed by atoms with E-state index in [4.69, 9.17) is 16.6 Å². The van der Waals surface area contributed by atoms with Gasteiger partial charge < -0.3 is 9.80 Å². The molecule has 1 amide bonds. The first-order chi connectivity index (χ1) is 10.7. The fourth-order valence-electron chi connectivity index (χ4n) is 3.17. The molecule has 0 N–H and O–H groups in total. The van der Waals surface area contributed by atoms with E-state index < -0.39 is 0 Å². The second kappa shape index (κ2) is 6.16. The molecular weight excluding hydrogens is 300 g/mol. The number of imidazole rings is 1. The van der Waals surface area contributed by atoms with E-state index in [1.165, 1.54) is 0 Å². The first-order valence-corrected chi connectivity index (χ1v) is 8.34. The lowest BCUT2D eigenvalue weighted by molar-refractivity contribution is 0.203. The zero-order chi connectivity index (χ0) is 15.7. The number of likely N-dealkylation sites (N-methyl/N-ethyl adjacent to an activating group) is 2. The number of aromatic nitrogens is 2. The number of fused-ring (bicyclic) bond motifs is 3. The van der Waals surface area contributed by atoms with Gasteiger partial charge in [0.15, 0.2) is 0 Å². The molecule has 1 aliphatic rings. The SMILES string of the molecule is CCN1CC(CCCl)N(CC)c2nc3ccccc3n2C1=O. The molecule has 0 saturated carbocycles. The van der Waals surface area contributed by atoms with Gasteiger partial charge in [0.1, 0.15) is 0 Å². The first kappa shape index (κ1) is 15.2. The third-order valence-corrected chi connectivity index (χ3v) is 4.52. The number of halogens is 1. The maximum atomic E-state index is 12.9. The van der Waals surface area contributed by atoms with Gasteiger partial charge in [-0.3, -0.25) is 0 Å². The van der Waals surface area contributed by atoms with Crippen LogP contribution in [0.25, 0.3) is 11.0 Å². The minimum Gasteiger partial charge on any atom is -0.337 e. The Morgan fingerprint density at radius 3 is 2.73 bits per heavy atom. The van der Waals surface area contributed by atoms with E-state index in [2.05, 4.69) is 11.8 Å². The van der Waals surface area contributed by atoms with Gasteiger partial charge in [0.25, 0.3) is 0 Å². The van der Waals surface area contributed by atoms with Crippen LogP contribution in [0.5, 0.6) is 0 Å². The lowest BCUT2D eigenvalue weighted by atomic mass is 10.2. The average Bonchev–Trinajstić information content (AvgIpc) is 2.86. The second-order valence-corrected chi connectivity index (χ2v) is 5.85. The van der Waals surface area contributed by atoms with E-state index in [9.17, 15) is 4.79 Å². The van der Waals surface area contributed by atoms with Crippen molar-refractivity contribution in [2.24, 2.45) is 0 Å². The Morgan fingerprint density at radius 1 is 1.27 bits per heavy atom. The summed E-state index contributed by atoms with van der Waals surface area (Å²) in [6.45, 7) is 6.28. The minimum absolute atomic E-state index is 0.00159. The molecule has 1 aromatic carbocycles. The van der Waals surface area contributed by atoms with Gasteiger partial charge in [-0.1, -0.05) is 12.1 Å². The maximum absolute atomic E-state index is 12.9. The Labute approximate surface area is 135 Å². The van der Waals surface area contributed by atoms with Gasteiger partial charge in [0, 0.05) is 25.5 Å². The van der Waals surface area contributed by atoms with Crippen molar-refractivity contribution in [3.8, 4) is 0 Å². The van der Waals surface area contributed by atoms with Crippen LogP contribution in [-0.4, -0.2) is 52.0 Å². The van der Waals surface area contributed by atoms with Crippen LogP contribution >= 0.6 is 11.6 Å². The molecule has 1 aromatic heterocycles. The summed E-state index contributed by atoms with van der Waals surface area (Å²) in [4.78, 5) is 21.7. The van der Waals surface area contributed by atoms with Crippen LogP contribution in [0.3, 0.4) is 0 Å².